The smallest absolute Gasteiger partial charge is 0.493 e. The topological polar surface area (TPSA) is 44.5 Å². The Morgan fingerprint density at radius 2 is 1.94 bits per heavy atom. The number of hydrogen-bond donors (Lipinski definition) is 1. The Bertz CT molecular complexity index is 377. The minimum Gasteiger partial charge on any atom is -0.493 e. The van der Waals surface area contributed by atoms with Crippen molar-refractivity contribution in [3.8, 4) is 11.5 Å². The third kappa shape index (κ3) is 4.52. The maximum atomic E-state index is 12.1. The van der Waals surface area contributed by atoms with Crippen molar-refractivity contribution in [3.63, 3.8) is 0 Å². The molecule has 0 aliphatic carbocycles. The second-order valence-electron chi connectivity index (χ2n) is 3.71. The molecule has 0 heterocycles. The molecule has 0 aromatic heterocycles. The van der Waals surface area contributed by atoms with Crippen LogP contribution in [0.15, 0.2) is 18.2 Å². The van der Waals surface area contributed by atoms with Crippen LogP contribution in [0, 0.1) is 0 Å². The molecule has 1 unspecified atom stereocenters. The first-order valence-corrected chi connectivity index (χ1v) is 5.00. The van der Waals surface area contributed by atoms with E-state index < -0.39 is 6.36 Å². The van der Waals surface area contributed by atoms with Crippen LogP contribution < -0.4 is 15.2 Å². The van der Waals surface area contributed by atoms with Crippen LogP contribution in [0.5, 0.6) is 11.5 Å². The highest BCUT2D eigenvalue weighted by atomic mass is 19.4. The number of alkyl halides is 3. The summed E-state index contributed by atoms with van der Waals surface area (Å²) in [6.45, 7) is 1.77. The van der Waals surface area contributed by atoms with Crippen LogP contribution in [0.2, 0.25) is 0 Å². The van der Waals surface area contributed by atoms with Gasteiger partial charge in [0.15, 0.2) is 11.5 Å². The molecule has 0 amide bonds. The van der Waals surface area contributed by atoms with Crippen molar-refractivity contribution >= 4 is 0 Å². The van der Waals surface area contributed by atoms with Crippen LogP contribution in [-0.2, 0) is 6.42 Å². The van der Waals surface area contributed by atoms with E-state index in [2.05, 4.69) is 4.74 Å². The monoisotopic (exact) mass is 249 g/mol. The normalized spacial score (nSPS) is 13.3. The molecular formula is C11H14F3NO2. The zero-order valence-electron chi connectivity index (χ0n) is 9.54. The fourth-order valence-corrected chi connectivity index (χ4v) is 1.42. The van der Waals surface area contributed by atoms with Gasteiger partial charge in [0.25, 0.3) is 0 Å². The summed E-state index contributed by atoms with van der Waals surface area (Å²) in [6.07, 6.45) is -4.27. The largest absolute Gasteiger partial charge is 0.573 e. The second kappa shape index (κ2) is 5.27. The Morgan fingerprint density at radius 3 is 2.41 bits per heavy atom. The lowest BCUT2D eigenvalue weighted by Crippen LogP contribution is -2.19. The summed E-state index contributed by atoms with van der Waals surface area (Å²) in [6, 6.07) is 4.24. The highest BCUT2D eigenvalue weighted by molar-refractivity contribution is 5.43. The molecule has 96 valence electrons. The molecule has 1 aromatic rings. The van der Waals surface area contributed by atoms with Gasteiger partial charge in [-0.05, 0) is 31.0 Å². The summed E-state index contributed by atoms with van der Waals surface area (Å²) in [5.41, 5.74) is 6.24. The summed E-state index contributed by atoms with van der Waals surface area (Å²) >= 11 is 0. The molecule has 0 fully saturated rings. The zero-order valence-corrected chi connectivity index (χ0v) is 9.54. The first-order chi connectivity index (χ1) is 7.81. The molecule has 2 N–H and O–H groups in total. The third-order valence-corrected chi connectivity index (χ3v) is 2.01. The van der Waals surface area contributed by atoms with Crippen LogP contribution in [-0.4, -0.2) is 19.5 Å². The number of rotatable bonds is 4. The fraction of sp³-hybridized carbons (Fsp3) is 0.455. The van der Waals surface area contributed by atoms with E-state index in [9.17, 15) is 13.2 Å². The van der Waals surface area contributed by atoms with Gasteiger partial charge in [0.05, 0.1) is 7.11 Å². The molecule has 0 spiro atoms. The van der Waals surface area contributed by atoms with Crippen LogP contribution in [0.4, 0.5) is 13.2 Å². The maximum absolute atomic E-state index is 12.1. The summed E-state index contributed by atoms with van der Waals surface area (Å²) in [7, 11) is 1.28. The van der Waals surface area contributed by atoms with E-state index in [0.717, 1.165) is 0 Å². The molecule has 0 saturated heterocycles. The van der Waals surface area contributed by atoms with Gasteiger partial charge in [-0.25, -0.2) is 0 Å². The minimum atomic E-state index is -4.74. The summed E-state index contributed by atoms with van der Waals surface area (Å²) in [5, 5.41) is 0. The van der Waals surface area contributed by atoms with Gasteiger partial charge in [0, 0.05) is 6.04 Å². The zero-order chi connectivity index (χ0) is 13.1. The molecule has 1 rings (SSSR count). The Hall–Kier alpha value is -1.43. The number of methoxy groups -OCH3 is 1. The van der Waals surface area contributed by atoms with E-state index >= 15 is 0 Å². The van der Waals surface area contributed by atoms with E-state index in [1.165, 1.54) is 19.2 Å². The fourth-order valence-electron chi connectivity index (χ4n) is 1.42. The van der Waals surface area contributed by atoms with Gasteiger partial charge in [0.1, 0.15) is 0 Å². The molecular weight excluding hydrogens is 235 g/mol. The molecule has 3 nitrogen and oxygen atoms in total. The van der Waals surface area contributed by atoms with Crippen molar-refractivity contribution in [1.29, 1.82) is 0 Å². The summed E-state index contributed by atoms with van der Waals surface area (Å²) in [5.74, 6) is -0.311. The van der Waals surface area contributed by atoms with Crippen LogP contribution in [0.3, 0.4) is 0 Å². The minimum absolute atomic E-state index is 0.0377. The third-order valence-electron chi connectivity index (χ3n) is 2.01. The first kappa shape index (κ1) is 13.6. The lowest BCUT2D eigenvalue weighted by Gasteiger charge is -2.14. The average molecular weight is 249 g/mol. The van der Waals surface area contributed by atoms with E-state index in [1.807, 2.05) is 0 Å². The van der Waals surface area contributed by atoms with Gasteiger partial charge in [-0.3, -0.25) is 0 Å². The van der Waals surface area contributed by atoms with E-state index in [0.29, 0.717) is 12.0 Å². The number of benzene rings is 1. The van der Waals surface area contributed by atoms with Crippen LogP contribution in [0.25, 0.3) is 0 Å². The molecule has 17 heavy (non-hydrogen) atoms. The molecule has 6 heteroatoms. The standard InChI is InChI=1S/C11H14F3NO2/c1-7(15)5-8-3-4-9(16-2)10(6-8)17-11(12,13)14/h3-4,6-7H,5,15H2,1-2H3. The molecule has 0 saturated carbocycles. The first-order valence-electron chi connectivity index (χ1n) is 5.00. The maximum Gasteiger partial charge on any atom is 0.573 e. The molecule has 0 bridgehead atoms. The molecule has 1 aromatic carbocycles. The molecule has 0 aliphatic heterocycles. The Balaban J connectivity index is 2.98. The van der Waals surface area contributed by atoms with Crippen molar-refractivity contribution in [2.24, 2.45) is 5.73 Å². The van der Waals surface area contributed by atoms with Crippen LogP contribution >= 0.6 is 0 Å². The highest BCUT2D eigenvalue weighted by Gasteiger charge is 2.32. The average Bonchev–Trinajstić information content (AvgIpc) is 2.14. The van der Waals surface area contributed by atoms with Crippen LogP contribution in [0.1, 0.15) is 12.5 Å². The summed E-state index contributed by atoms with van der Waals surface area (Å²) < 4.78 is 45.1. The van der Waals surface area contributed by atoms with Gasteiger partial charge in [0.2, 0.25) is 0 Å². The van der Waals surface area contributed by atoms with Crippen molar-refractivity contribution in [2.45, 2.75) is 25.7 Å². The highest BCUT2D eigenvalue weighted by Crippen LogP contribution is 2.33. The van der Waals surface area contributed by atoms with E-state index in [-0.39, 0.29) is 17.5 Å². The number of nitrogens with two attached hydrogens (primary N) is 1. The Morgan fingerprint density at radius 1 is 1.29 bits per heavy atom. The predicted molar refractivity (Wildman–Crippen MR) is 57.0 cm³/mol. The number of ether oxygens (including phenoxy) is 2. The SMILES string of the molecule is COc1ccc(CC(C)N)cc1OC(F)(F)F. The molecule has 0 radical (unpaired) electrons. The quantitative estimate of drug-likeness (QED) is 0.891. The Kier molecular flexibility index (Phi) is 4.22. The van der Waals surface area contributed by atoms with Gasteiger partial charge >= 0.3 is 6.36 Å². The van der Waals surface area contributed by atoms with Crippen molar-refractivity contribution in [2.75, 3.05) is 7.11 Å². The number of halogens is 3. The lowest BCUT2D eigenvalue weighted by atomic mass is 10.1. The van der Waals surface area contributed by atoms with E-state index in [4.69, 9.17) is 10.5 Å². The van der Waals surface area contributed by atoms with Crippen molar-refractivity contribution in [3.05, 3.63) is 23.8 Å². The second-order valence-corrected chi connectivity index (χ2v) is 3.71. The van der Waals surface area contributed by atoms with Gasteiger partial charge in [-0.15, -0.1) is 13.2 Å². The molecule has 0 aliphatic rings. The molecule has 1 atom stereocenters. The van der Waals surface area contributed by atoms with E-state index in [1.54, 1.807) is 13.0 Å². The van der Waals surface area contributed by atoms with Crippen molar-refractivity contribution in [1.82, 2.24) is 0 Å². The summed E-state index contributed by atoms with van der Waals surface area (Å²) in [4.78, 5) is 0. The van der Waals surface area contributed by atoms with Gasteiger partial charge in [-0.1, -0.05) is 6.07 Å². The predicted octanol–water partition coefficient (Wildman–Crippen LogP) is 2.48. The Labute approximate surface area is 97.3 Å². The van der Waals surface area contributed by atoms with Crippen molar-refractivity contribution < 1.29 is 22.6 Å². The lowest BCUT2D eigenvalue weighted by molar-refractivity contribution is -0.275. The number of hydrogen-bond acceptors (Lipinski definition) is 3. The van der Waals surface area contributed by atoms with Gasteiger partial charge < -0.3 is 15.2 Å². The van der Waals surface area contributed by atoms with Gasteiger partial charge in [-0.2, -0.15) is 0 Å².